The molecule has 3 amide bonds. The summed E-state index contributed by atoms with van der Waals surface area (Å²) in [6, 6.07) is 17.1. The first-order chi connectivity index (χ1) is 17.1. The normalized spacial score (nSPS) is 11.3. The molecule has 0 aliphatic carbocycles. The number of rotatable bonds is 9. The monoisotopic (exact) mass is 491 g/mol. The van der Waals surface area contributed by atoms with Crippen LogP contribution in [0.25, 0.3) is 5.69 Å². The van der Waals surface area contributed by atoms with Gasteiger partial charge in [0.15, 0.2) is 0 Å². The van der Waals surface area contributed by atoms with Gasteiger partial charge in [-0.25, -0.2) is 9.48 Å². The highest BCUT2D eigenvalue weighted by Crippen LogP contribution is 2.26. The fraction of sp³-hybridized carbons (Fsp3) is 0.393. The van der Waals surface area contributed by atoms with Crippen LogP contribution in [0.3, 0.4) is 0 Å². The summed E-state index contributed by atoms with van der Waals surface area (Å²) in [5, 5.41) is 10.7. The minimum Gasteiger partial charge on any atom is -0.385 e. The fourth-order valence-corrected chi connectivity index (χ4v) is 3.71. The highest BCUT2D eigenvalue weighted by molar-refractivity contribution is 5.97. The van der Waals surface area contributed by atoms with Crippen molar-refractivity contribution >= 4 is 23.4 Å². The molecular formula is C28H37N5O3. The molecule has 1 heterocycles. The van der Waals surface area contributed by atoms with Crippen molar-refractivity contribution in [2.75, 3.05) is 37.4 Å². The molecule has 3 rings (SSSR count). The van der Waals surface area contributed by atoms with Crippen molar-refractivity contribution in [1.82, 2.24) is 14.7 Å². The molecule has 3 aromatic rings. The van der Waals surface area contributed by atoms with Gasteiger partial charge in [-0.15, -0.1) is 0 Å². The van der Waals surface area contributed by atoms with Crippen LogP contribution in [0.1, 0.15) is 44.0 Å². The molecule has 0 fully saturated rings. The number of methoxy groups -OCH3 is 1. The second-order valence-corrected chi connectivity index (χ2v) is 9.98. The Hall–Kier alpha value is -3.65. The third kappa shape index (κ3) is 7.18. The van der Waals surface area contributed by atoms with Crippen LogP contribution in [0.2, 0.25) is 0 Å². The zero-order valence-corrected chi connectivity index (χ0v) is 22.1. The molecule has 0 saturated heterocycles. The van der Waals surface area contributed by atoms with E-state index in [1.165, 1.54) is 4.90 Å². The summed E-state index contributed by atoms with van der Waals surface area (Å²) in [6.07, 6.45) is 0.611. The van der Waals surface area contributed by atoms with Gasteiger partial charge in [-0.3, -0.25) is 4.79 Å². The second kappa shape index (κ2) is 11.9. The fourth-order valence-electron chi connectivity index (χ4n) is 3.71. The van der Waals surface area contributed by atoms with E-state index in [0.29, 0.717) is 31.1 Å². The Bertz CT molecular complexity index is 1200. The molecule has 8 heteroatoms. The lowest BCUT2D eigenvalue weighted by molar-refractivity contribution is -0.116. The number of ether oxygens (including phenoxy) is 1. The standard InChI is InChI=1S/C28H37N5O3/c1-20-11-9-13-22(17-20)33-25(18-24(31-33)28(3,4)5)30-26(34)19-32(15-10-16-36-6)27(35)29-23-14-8-7-12-21(23)2/h7-9,11-14,17-18H,10,15-16,19H2,1-6H3,(H,29,35)(H,30,34). The summed E-state index contributed by atoms with van der Waals surface area (Å²) in [6.45, 7) is 10.9. The highest BCUT2D eigenvalue weighted by Gasteiger charge is 2.23. The van der Waals surface area contributed by atoms with E-state index in [1.807, 2.05) is 68.4 Å². The largest absolute Gasteiger partial charge is 0.385 e. The minimum atomic E-state index is -0.335. The number of carbonyl (C=O) groups excluding carboxylic acids is 2. The Balaban J connectivity index is 1.81. The molecule has 0 bridgehead atoms. The third-order valence-electron chi connectivity index (χ3n) is 5.78. The smallest absolute Gasteiger partial charge is 0.322 e. The molecule has 0 atom stereocenters. The Morgan fingerprint density at radius 2 is 1.78 bits per heavy atom. The molecule has 0 aliphatic rings. The van der Waals surface area contributed by atoms with E-state index in [4.69, 9.17) is 9.84 Å². The van der Waals surface area contributed by atoms with Crippen molar-refractivity contribution in [2.24, 2.45) is 0 Å². The van der Waals surface area contributed by atoms with Gasteiger partial charge in [-0.1, -0.05) is 51.1 Å². The maximum atomic E-state index is 13.2. The molecule has 2 N–H and O–H groups in total. The van der Waals surface area contributed by atoms with Crippen LogP contribution < -0.4 is 10.6 Å². The molecule has 8 nitrogen and oxygen atoms in total. The number of para-hydroxylation sites is 1. The number of hydrogen-bond acceptors (Lipinski definition) is 4. The summed E-state index contributed by atoms with van der Waals surface area (Å²) < 4.78 is 6.89. The maximum absolute atomic E-state index is 13.2. The zero-order chi connectivity index (χ0) is 26.3. The number of amides is 3. The quantitative estimate of drug-likeness (QED) is 0.398. The van der Waals surface area contributed by atoms with E-state index in [0.717, 1.165) is 22.5 Å². The van der Waals surface area contributed by atoms with Crippen LogP contribution >= 0.6 is 0 Å². The number of aromatic nitrogens is 2. The highest BCUT2D eigenvalue weighted by atomic mass is 16.5. The molecule has 0 unspecified atom stereocenters. The minimum absolute atomic E-state index is 0.106. The van der Waals surface area contributed by atoms with Crippen LogP contribution in [0.15, 0.2) is 54.6 Å². The first-order valence-corrected chi connectivity index (χ1v) is 12.2. The topological polar surface area (TPSA) is 88.5 Å². The first-order valence-electron chi connectivity index (χ1n) is 12.2. The van der Waals surface area contributed by atoms with Crippen molar-refractivity contribution in [3.63, 3.8) is 0 Å². The predicted molar refractivity (Wildman–Crippen MR) is 144 cm³/mol. The number of anilines is 2. The average molecular weight is 492 g/mol. The van der Waals surface area contributed by atoms with Crippen molar-refractivity contribution in [3.05, 3.63) is 71.4 Å². The van der Waals surface area contributed by atoms with E-state index in [9.17, 15) is 9.59 Å². The van der Waals surface area contributed by atoms with Crippen molar-refractivity contribution in [1.29, 1.82) is 0 Å². The van der Waals surface area contributed by atoms with Crippen LogP contribution in [0, 0.1) is 13.8 Å². The van der Waals surface area contributed by atoms with E-state index in [-0.39, 0.29) is 23.9 Å². The van der Waals surface area contributed by atoms with E-state index in [1.54, 1.807) is 11.8 Å². The molecule has 1 aromatic heterocycles. The van der Waals surface area contributed by atoms with Gasteiger partial charge in [-0.05, 0) is 49.6 Å². The van der Waals surface area contributed by atoms with Crippen molar-refractivity contribution < 1.29 is 14.3 Å². The van der Waals surface area contributed by atoms with Crippen LogP contribution in [-0.4, -0.2) is 53.4 Å². The van der Waals surface area contributed by atoms with Gasteiger partial charge >= 0.3 is 6.03 Å². The molecule has 0 aliphatic heterocycles. The van der Waals surface area contributed by atoms with E-state index < -0.39 is 0 Å². The first kappa shape index (κ1) is 26.9. The van der Waals surface area contributed by atoms with Gasteiger partial charge < -0.3 is 20.3 Å². The Morgan fingerprint density at radius 3 is 2.44 bits per heavy atom. The summed E-state index contributed by atoms with van der Waals surface area (Å²) >= 11 is 0. The summed E-state index contributed by atoms with van der Waals surface area (Å²) in [5.74, 6) is 0.258. The van der Waals surface area contributed by atoms with Gasteiger partial charge in [0.25, 0.3) is 0 Å². The molecule has 2 aromatic carbocycles. The Morgan fingerprint density at radius 1 is 1.03 bits per heavy atom. The number of nitrogens with one attached hydrogen (secondary N) is 2. The number of hydrogen-bond donors (Lipinski definition) is 2. The molecule has 0 spiro atoms. The van der Waals surface area contributed by atoms with Crippen molar-refractivity contribution in [3.8, 4) is 5.69 Å². The number of carbonyl (C=O) groups is 2. The number of aryl methyl sites for hydroxylation is 2. The lowest BCUT2D eigenvalue weighted by atomic mass is 9.92. The SMILES string of the molecule is COCCCN(CC(=O)Nc1cc(C(C)(C)C)nn1-c1cccc(C)c1)C(=O)Nc1ccccc1C. The summed E-state index contributed by atoms with van der Waals surface area (Å²) in [5.41, 5.74) is 4.27. The Labute approximate surface area is 213 Å². The molecule has 192 valence electrons. The number of urea groups is 1. The zero-order valence-electron chi connectivity index (χ0n) is 22.1. The van der Waals surface area contributed by atoms with Gasteiger partial charge in [0.2, 0.25) is 5.91 Å². The van der Waals surface area contributed by atoms with Gasteiger partial charge in [0.05, 0.1) is 11.4 Å². The van der Waals surface area contributed by atoms with Gasteiger partial charge in [-0.2, -0.15) is 5.10 Å². The molecule has 0 radical (unpaired) electrons. The van der Waals surface area contributed by atoms with E-state index in [2.05, 4.69) is 31.4 Å². The van der Waals surface area contributed by atoms with Crippen molar-refractivity contribution in [2.45, 2.75) is 46.5 Å². The summed E-state index contributed by atoms with van der Waals surface area (Å²) in [7, 11) is 1.61. The van der Waals surface area contributed by atoms with Gasteiger partial charge in [0, 0.05) is 37.4 Å². The van der Waals surface area contributed by atoms with Crippen LogP contribution in [-0.2, 0) is 14.9 Å². The predicted octanol–water partition coefficient (Wildman–Crippen LogP) is 5.30. The number of benzene rings is 2. The molecule has 36 heavy (non-hydrogen) atoms. The lowest BCUT2D eigenvalue weighted by Crippen LogP contribution is -2.41. The maximum Gasteiger partial charge on any atom is 0.322 e. The van der Waals surface area contributed by atoms with Crippen LogP contribution in [0.5, 0.6) is 0 Å². The van der Waals surface area contributed by atoms with Crippen LogP contribution in [0.4, 0.5) is 16.3 Å². The average Bonchev–Trinajstić information content (AvgIpc) is 3.24. The molecule has 0 saturated carbocycles. The van der Waals surface area contributed by atoms with E-state index >= 15 is 0 Å². The third-order valence-corrected chi connectivity index (χ3v) is 5.78. The summed E-state index contributed by atoms with van der Waals surface area (Å²) in [4.78, 5) is 27.8. The lowest BCUT2D eigenvalue weighted by Gasteiger charge is -2.23. The Kier molecular flexibility index (Phi) is 8.88. The second-order valence-electron chi connectivity index (χ2n) is 9.98. The molecular weight excluding hydrogens is 454 g/mol. The van der Waals surface area contributed by atoms with Gasteiger partial charge in [0.1, 0.15) is 12.4 Å². The number of nitrogens with zero attached hydrogens (tertiary/aromatic N) is 3.